The maximum atomic E-state index is 6.53. The van der Waals surface area contributed by atoms with E-state index in [2.05, 4.69) is 30.3 Å². The predicted octanol–water partition coefficient (Wildman–Crippen LogP) is 5.77. The zero-order valence-electron chi connectivity index (χ0n) is 15.4. The van der Waals surface area contributed by atoms with Gasteiger partial charge in [-0.3, -0.25) is 0 Å². The molecular weight excluding hydrogens is 334 g/mol. The normalized spacial score (nSPS) is 10.7. The lowest BCUT2D eigenvalue weighted by Crippen LogP contribution is -1.96. The predicted molar refractivity (Wildman–Crippen MR) is 112 cm³/mol. The Kier molecular flexibility index (Phi) is 4.43. The van der Waals surface area contributed by atoms with Gasteiger partial charge in [-0.25, -0.2) is 0 Å². The third-order valence-corrected chi connectivity index (χ3v) is 4.84. The van der Waals surface area contributed by atoms with E-state index in [-0.39, 0.29) is 0 Å². The number of methoxy groups -OCH3 is 2. The smallest absolute Gasteiger partial charge is 0.118 e. The number of hydrogen-bond acceptors (Lipinski definition) is 3. The Morgan fingerprint density at radius 2 is 1.15 bits per heavy atom. The van der Waals surface area contributed by atoms with Crippen LogP contribution >= 0.6 is 0 Å². The molecule has 0 unspecified atom stereocenters. The Labute approximate surface area is 159 Å². The highest BCUT2D eigenvalue weighted by Gasteiger charge is 2.15. The molecule has 0 fully saturated rings. The first-order valence-corrected chi connectivity index (χ1v) is 8.81. The number of rotatable bonds is 4. The van der Waals surface area contributed by atoms with E-state index in [1.807, 2.05) is 48.5 Å². The standard InChI is InChI=1S/C24H21NO2/c1-26-19-11-7-16(8-12-19)23-21-6-4-3-5-18(21)15-22(25)24(23)17-9-13-20(27-2)14-10-17/h3-15H,25H2,1-2H3. The Morgan fingerprint density at radius 3 is 1.70 bits per heavy atom. The summed E-state index contributed by atoms with van der Waals surface area (Å²) >= 11 is 0. The molecule has 134 valence electrons. The van der Waals surface area contributed by atoms with Gasteiger partial charge in [-0.2, -0.15) is 0 Å². The van der Waals surface area contributed by atoms with E-state index in [1.54, 1.807) is 14.2 Å². The molecular formula is C24H21NO2. The lowest BCUT2D eigenvalue weighted by atomic mass is 9.88. The van der Waals surface area contributed by atoms with E-state index in [0.29, 0.717) is 0 Å². The van der Waals surface area contributed by atoms with Crippen LogP contribution in [-0.4, -0.2) is 14.2 Å². The SMILES string of the molecule is COc1ccc(-c2c(N)cc3ccccc3c2-c2ccc(OC)cc2)cc1. The molecule has 0 amide bonds. The minimum Gasteiger partial charge on any atom is -0.497 e. The van der Waals surface area contributed by atoms with Crippen LogP contribution in [0.3, 0.4) is 0 Å². The minimum atomic E-state index is 0.754. The minimum absolute atomic E-state index is 0.754. The van der Waals surface area contributed by atoms with Crippen molar-refractivity contribution in [2.24, 2.45) is 0 Å². The molecule has 0 bridgehead atoms. The average molecular weight is 355 g/mol. The summed E-state index contributed by atoms with van der Waals surface area (Å²) < 4.78 is 10.6. The van der Waals surface area contributed by atoms with Crippen molar-refractivity contribution in [1.29, 1.82) is 0 Å². The van der Waals surface area contributed by atoms with Crippen molar-refractivity contribution in [3.63, 3.8) is 0 Å². The van der Waals surface area contributed by atoms with Crippen LogP contribution in [0, 0.1) is 0 Å². The third-order valence-electron chi connectivity index (χ3n) is 4.84. The van der Waals surface area contributed by atoms with Gasteiger partial charge in [0.15, 0.2) is 0 Å². The number of benzene rings is 4. The van der Waals surface area contributed by atoms with Gasteiger partial charge in [-0.1, -0.05) is 48.5 Å². The summed E-state index contributed by atoms with van der Waals surface area (Å²) in [6.07, 6.45) is 0. The van der Waals surface area contributed by atoms with E-state index < -0.39 is 0 Å². The van der Waals surface area contributed by atoms with Gasteiger partial charge in [-0.15, -0.1) is 0 Å². The van der Waals surface area contributed by atoms with Crippen LogP contribution in [0.1, 0.15) is 0 Å². The summed E-state index contributed by atoms with van der Waals surface area (Å²) in [4.78, 5) is 0. The largest absolute Gasteiger partial charge is 0.497 e. The lowest BCUT2D eigenvalue weighted by Gasteiger charge is -2.17. The molecule has 0 aromatic heterocycles. The molecule has 0 aliphatic carbocycles. The fraction of sp³-hybridized carbons (Fsp3) is 0.0833. The first-order valence-electron chi connectivity index (χ1n) is 8.81. The maximum absolute atomic E-state index is 6.53. The first-order chi connectivity index (χ1) is 13.2. The van der Waals surface area contributed by atoms with Crippen molar-refractivity contribution in [3.8, 4) is 33.8 Å². The van der Waals surface area contributed by atoms with Crippen LogP contribution in [0.25, 0.3) is 33.0 Å². The van der Waals surface area contributed by atoms with Crippen LogP contribution in [0.5, 0.6) is 11.5 Å². The highest BCUT2D eigenvalue weighted by molar-refractivity contribution is 6.08. The average Bonchev–Trinajstić information content (AvgIpc) is 2.73. The van der Waals surface area contributed by atoms with Crippen molar-refractivity contribution in [3.05, 3.63) is 78.9 Å². The maximum Gasteiger partial charge on any atom is 0.118 e. The van der Waals surface area contributed by atoms with Gasteiger partial charge >= 0.3 is 0 Å². The van der Waals surface area contributed by atoms with E-state index in [1.165, 1.54) is 5.39 Å². The molecule has 0 spiro atoms. The summed E-state index contributed by atoms with van der Waals surface area (Å²) in [7, 11) is 3.34. The summed E-state index contributed by atoms with van der Waals surface area (Å²) in [6, 6.07) is 26.5. The second kappa shape index (κ2) is 7.04. The Balaban J connectivity index is 2.02. The zero-order chi connectivity index (χ0) is 18.8. The van der Waals surface area contributed by atoms with Crippen LogP contribution < -0.4 is 15.2 Å². The van der Waals surface area contributed by atoms with Crippen LogP contribution in [0.2, 0.25) is 0 Å². The van der Waals surface area contributed by atoms with Gasteiger partial charge < -0.3 is 15.2 Å². The summed E-state index contributed by atoms with van der Waals surface area (Å²) in [5, 5.41) is 2.29. The Bertz CT molecular complexity index is 1080. The third kappa shape index (κ3) is 3.08. The zero-order valence-corrected chi connectivity index (χ0v) is 15.4. The van der Waals surface area contributed by atoms with Crippen molar-refractivity contribution < 1.29 is 9.47 Å². The molecule has 0 saturated heterocycles. The summed E-state index contributed by atoms with van der Waals surface area (Å²) in [5.41, 5.74) is 11.6. The van der Waals surface area contributed by atoms with Gasteiger partial charge in [0.2, 0.25) is 0 Å². The Hall–Kier alpha value is -3.46. The second-order valence-corrected chi connectivity index (χ2v) is 6.39. The van der Waals surface area contributed by atoms with Gasteiger partial charge in [0.1, 0.15) is 11.5 Å². The molecule has 4 aromatic carbocycles. The molecule has 2 N–H and O–H groups in total. The molecule has 27 heavy (non-hydrogen) atoms. The van der Waals surface area contributed by atoms with E-state index in [9.17, 15) is 0 Å². The fourth-order valence-corrected chi connectivity index (χ4v) is 3.50. The Morgan fingerprint density at radius 1 is 0.630 bits per heavy atom. The molecule has 0 saturated carbocycles. The number of ether oxygens (including phenoxy) is 2. The van der Waals surface area contributed by atoms with Crippen LogP contribution in [0.4, 0.5) is 5.69 Å². The quantitative estimate of drug-likeness (QED) is 0.472. The van der Waals surface area contributed by atoms with Gasteiger partial charge in [0.25, 0.3) is 0 Å². The van der Waals surface area contributed by atoms with Crippen molar-refractivity contribution >= 4 is 16.5 Å². The van der Waals surface area contributed by atoms with Gasteiger partial charge in [0, 0.05) is 11.3 Å². The molecule has 3 nitrogen and oxygen atoms in total. The van der Waals surface area contributed by atoms with Crippen molar-refractivity contribution in [1.82, 2.24) is 0 Å². The van der Waals surface area contributed by atoms with E-state index in [4.69, 9.17) is 15.2 Å². The fourth-order valence-electron chi connectivity index (χ4n) is 3.50. The lowest BCUT2D eigenvalue weighted by molar-refractivity contribution is 0.414. The number of hydrogen-bond donors (Lipinski definition) is 1. The topological polar surface area (TPSA) is 44.5 Å². The highest BCUT2D eigenvalue weighted by atomic mass is 16.5. The van der Waals surface area contributed by atoms with Crippen LogP contribution in [-0.2, 0) is 0 Å². The molecule has 0 aliphatic heterocycles. The monoisotopic (exact) mass is 355 g/mol. The number of nitrogens with two attached hydrogens (primary N) is 1. The molecule has 0 heterocycles. The molecule has 0 atom stereocenters. The van der Waals surface area contributed by atoms with Crippen molar-refractivity contribution in [2.75, 3.05) is 20.0 Å². The number of fused-ring (bicyclic) bond motifs is 1. The van der Waals surface area contributed by atoms with Crippen molar-refractivity contribution in [2.45, 2.75) is 0 Å². The number of anilines is 1. The molecule has 4 rings (SSSR count). The molecule has 0 radical (unpaired) electrons. The van der Waals surface area contributed by atoms with E-state index in [0.717, 1.165) is 44.8 Å². The first kappa shape index (κ1) is 17.0. The molecule has 3 heteroatoms. The second-order valence-electron chi connectivity index (χ2n) is 6.39. The van der Waals surface area contributed by atoms with E-state index >= 15 is 0 Å². The van der Waals surface area contributed by atoms with Gasteiger partial charge in [-0.05, 0) is 57.8 Å². The van der Waals surface area contributed by atoms with Gasteiger partial charge in [0.05, 0.1) is 14.2 Å². The molecule has 0 aliphatic rings. The van der Waals surface area contributed by atoms with Crippen LogP contribution in [0.15, 0.2) is 78.9 Å². The summed E-state index contributed by atoms with van der Waals surface area (Å²) in [6.45, 7) is 0. The number of nitrogen functional groups attached to an aromatic ring is 1. The highest BCUT2D eigenvalue weighted by Crippen LogP contribution is 2.42. The summed E-state index contributed by atoms with van der Waals surface area (Å²) in [5.74, 6) is 1.65. The molecule has 4 aromatic rings.